The molecule has 0 aliphatic heterocycles. The molecule has 8 nitrogen and oxygen atoms in total. The third-order valence-electron chi connectivity index (χ3n) is 3.78. The Morgan fingerprint density at radius 1 is 1.21 bits per heavy atom. The first kappa shape index (κ1) is 21.0. The van der Waals surface area contributed by atoms with Crippen molar-refractivity contribution in [2.24, 2.45) is 5.14 Å². The number of anilines is 1. The van der Waals surface area contributed by atoms with E-state index < -0.39 is 15.9 Å². The molecule has 0 atom stereocenters. The van der Waals surface area contributed by atoms with Crippen molar-refractivity contribution in [3.63, 3.8) is 0 Å². The normalized spacial score (nSPS) is 11.4. The predicted octanol–water partition coefficient (Wildman–Crippen LogP) is 1.52. The number of hydrogen-bond acceptors (Lipinski definition) is 6. The summed E-state index contributed by atoms with van der Waals surface area (Å²) >= 11 is 0. The maximum atomic E-state index is 12.2. The van der Waals surface area contributed by atoms with Gasteiger partial charge in [0.2, 0.25) is 10.0 Å². The minimum atomic E-state index is -3.71. The molecule has 0 aliphatic rings. The van der Waals surface area contributed by atoms with Crippen LogP contribution < -0.4 is 20.5 Å². The lowest BCUT2D eigenvalue weighted by Gasteiger charge is -2.09. The molecule has 2 aromatic rings. The molecule has 0 saturated heterocycles. The van der Waals surface area contributed by atoms with E-state index >= 15 is 0 Å². The van der Waals surface area contributed by atoms with Crippen molar-refractivity contribution < 1.29 is 17.9 Å². The lowest BCUT2D eigenvalue weighted by atomic mass is 10.1. The Balaban J connectivity index is 1.92. The zero-order valence-electron chi connectivity index (χ0n) is 15.2. The third kappa shape index (κ3) is 5.84. The van der Waals surface area contributed by atoms with E-state index in [0.29, 0.717) is 24.4 Å². The summed E-state index contributed by atoms with van der Waals surface area (Å²) in [6.45, 7) is 0.446. The molecule has 28 heavy (non-hydrogen) atoms. The first-order valence-corrected chi connectivity index (χ1v) is 9.79. The molecule has 0 aromatic heterocycles. The van der Waals surface area contributed by atoms with Crippen LogP contribution >= 0.6 is 0 Å². The largest absolute Gasteiger partial charge is 0.495 e. The van der Waals surface area contributed by atoms with E-state index in [1.165, 1.54) is 25.4 Å². The molecule has 0 fully saturated rings. The Morgan fingerprint density at radius 3 is 2.50 bits per heavy atom. The predicted molar refractivity (Wildman–Crippen MR) is 105 cm³/mol. The van der Waals surface area contributed by atoms with Crippen LogP contribution in [0.15, 0.2) is 65.2 Å². The minimum absolute atomic E-state index is 0.0453. The van der Waals surface area contributed by atoms with Crippen LogP contribution in [0.1, 0.15) is 5.56 Å². The van der Waals surface area contributed by atoms with Crippen molar-refractivity contribution in [3.05, 3.63) is 65.9 Å². The number of methoxy groups -OCH3 is 1. The van der Waals surface area contributed by atoms with E-state index in [1.54, 1.807) is 36.4 Å². The van der Waals surface area contributed by atoms with Crippen LogP contribution in [-0.4, -0.2) is 28.0 Å². The number of hydrogen-bond donors (Lipinski definition) is 3. The van der Waals surface area contributed by atoms with Gasteiger partial charge in [0.15, 0.2) is 0 Å². The molecule has 0 heterocycles. The number of carbonyl (C=O) groups is 1. The van der Waals surface area contributed by atoms with Gasteiger partial charge in [0, 0.05) is 12.7 Å². The number of nitrogens with zero attached hydrogens (tertiary/aromatic N) is 1. The van der Waals surface area contributed by atoms with Crippen LogP contribution in [0.4, 0.5) is 5.69 Å². The monoisotopic (exact) mass is 400 g/mol. The maximum Gasteiger partial charge on any atom is 0.267 e. The van der Waals surface area contributed by atoms with Crippen molar-refractivity contribution in [1.29, 1.82) is 5.26 Å². The van der Waals surface area contributed by atoms with Gasteiger partial charge in [-0.2, -0.15) is 5.26 Å². The van der Waals surface area contributed by atoms with Crippen molar-refractivity contribution >= 4 is 21.6 Å². The fourth-order valence-electron chi connectivity index (χ4n) is 2.32. The zero-order chi connectivity index (χ0) is 20.6. The van der Waals surface area contributed by atoms with Gasteiger partial charge in [-0.1, -0.05) is 24.3 Å². The zero-order valence-corrected chi connectivity index (χ0v) is 16.0. The molecule has 146 valence electrons. The van der Waals surface area contributed by atoms with Crippen molar-refractivity contribution in [2.75, 3.05) is 19.0 Å². The lowest BCUT2D eigenvalue weighted by molar-refractivity contribution is -0.112. The second-order valence-corrected chi connectivity index (χ2v) is 7.28. The number of nitrogens with one attached hydrogen (secondary N) is 2. The van der Waals surface area contributed by atoms with E-state index in [1.807, 2.05) is 6.07 Å². The highest BCUT2D eigenvalue weighted by molar-refractivity contribution is 7.89. The molecule has 0 spiro atoms. The second kappa shape index (κ2) is 9.55. The number of rotatable bonds is 8. The van der Waals surface area contributed by atoms with Crippen LogP contribution in [0.25, 0.3) is 0 Å². The van der Waals surface area contributed by atoms with E-state index in [-0.39, 0.29) is 10.5 Å². The Hall–Kier alpha value is -3.35. The van der Waals surface area contributed by atoms with Crippen molar-refractivity contribution in [3.8, 4) is 11.8 Å². The average molecular weight is 400 g/mol. The van der Waals surface area contributed by atoms with Gasteiger partial charge in [-0.15, -0.1) is 0 Å². The van der Waals surface area contributed by atoms with Gasteiger partial charge < -0.3 is 15.4 Å². The highest BCUT2D eigenvalue weighted by Crippen LogP contribution is 2.23. The van der Waals surface area contributed by atoms with Crippen molar-refractivity contribution in [1.82, 2.24) is 5.32 Å². The third-order valence-corrected chi connectivity index (χ3v) is 4.71. The number of benzene rings is 2. The molecule has 2 rings (SSSR count). The standard InChI is InChI=1S/C19H20N4O4S/c1-27-18-5-3-2-4-17(18)23-19(24)15(12-20)13-22-11-10-14-6-8-16(9-7-14)28(21,25)26/h2-9,13,22H,10-11H2,1H3,(H,23,24)(H2,21,25,26)/b15-13-. The van der Waals surface area contributed by atoms with Gasteiger partial charge in [0.05, 0.1) is 17.7 Å². The van der Waals surface area contributed by atoms with Crippen LogP contribution in [0.2, 0.25) is 0 Å². The molecular formula is C19H20N4O4S. The maximum absolute atomic E-state index is 12.2. The number of ether oxygens (including phenoxy) is 1. The number of amides is 1. The SMILES string of the molecule is COc1ccccc1NC(=O)/C(C#N)=C\NCCc1ccc(S(N)(=O)=O)cc1. The molecule has 9 heteroatoms. The summed E-state index contributed by atoms with van der Waals surface area (Å²) in [6.07, 6.45) is 1.90. The summed E-state index contributed by atoms with van der Waals surface area (Å²) in [5.41, 5.74) is 1.26. The number of para-hydroxylation sites is 2. The molecule has 0 saturated carbocycles. The summed E-state index contributed by atoms with van der Waals surface area (Å²) in [7, 11) is -2.23. The van der Waals surface area contributed by atoms with Gasteiger partial charge in [-0.05, 0) is 36.2 Å². The summed E-state index contributed by atoms with van der Waals surface area (Å²) < 4.78 is 27.6. The first-order valence-electron chi connectivity index (χ1n) is 8.25. The number of carbonyl (C=O) groups excluding carboxylic acids is 1. The average Bonchev–Trinajstić information content (AvgIpc) is 2.68. The smallest absolute Gasteiger partial charge is 0.267 e. The Morgan fingerprint density at radius 2 is 1.89 bits per heavy atom. The fraction of sp³-hybridized carbons (Fsp3) is 0.158. The number of nitriles is 1. The van der Waals surface area contributed by atoms with Crippen LogP contribution in [-0.2, 0) is 21.2 Å². The quantitative estimate of drug-likeness (QED) is 0.349. The highest BCUT2D eigenvalue weighted by atomic mass is 32.2. The van der Waals surface area contributed by atoms with Gasteiger partial charge in [0.25, 0.3) is 5.91 Å². The summed E-state index contributed by atoms with van der Waals surface area (Å²) in [6, 6.07) is 14.9. The Bertz CT molecular complexity index is 1010. The van der Waals surface area contributed by atoms with E-state index in [2.05, 4.69) is 10.6 Å². The lowest BCUT2D eigenvalue weighted by Crippen LogP contribution is -2.18. The molecule has 0 unspecified atom stereocenters. The Labute approximate surface area is 163 Å². The van der Waals surface area contributed by atoms with E-state index in [0.717, 1.165) is 5.56 Å². The Kier molecular flexibility index (Phi) is 7.14. The number of primary sulfonamides is 1. The molecule has 0 bridgehead atoms. The van der Waals surface area contributed by atoms with Crippen molar-refractivity contribution in [2.45, 2.75) is 11.3 Å². The summed E-state index contributed by atoms with van der Waals surface area (Å²) in [5, 5.41) is 19.8. The highest BCUT2D eigenvalue weighted by Gasteiger charge is 2.12. The van der Waals surface area contributed by atoms with Gasteiger partial charge in [0.1, 0.15) is 17.4 Å². The minimum Gasteiger partial charge on any atom is -0.495 e. The van der Waals surface area contributed by atoms with Gasteiger partial charge in [-0.3, -0.25) is 4.79 Å². The topological polar surface area (TPSA) is 134 Å². The fourth-order valence-corrected chi connectivity index (χ4v) is 2.84. The van der Waals surface area contributed by atoms with Gasteiger partial charge >= 0.3 is 0 Å². The van der Waals surface area contributed by atoms with Crippen LogP contribution in [0.5, 0.6) is 5.75 Å². The second-order valence-electron chi connectivity index (χ2n) is 5.72. The molecule has 0 aliphatic carbocycles. The van der Waals surface area contributed by atoms with Gasteiger partial charge in [-0.25, -0.2) is 13.6 Å². The molecule has 4 N–H and O–H groups in total. The molecule has 1 amide bonds. The molecule has 0 radical (unpaired) electrons. The van der Waals surface area contributed by atoms with E-state index in [4.69, 9.17) is 9.88 Å². The van der Waals surface area contributed by atoms with Crippen LogP contribution in [0.3, 0.4) is 0 Å². The molecular weight excluding hydrogens is 380 g/mol. The summed E-state index contributed by atoms with van der Waals surface area (Å²) in [4.78, 5) is 12.3. The first-order chi connectivity index (χ1) is 13.3. The number of nitrogens with two attached hydrogens (primary N) is 1. The summed E-state index contributed by atoms with van der Waals surface area (Å²) in [5.74, 6) is -0.0685. The molecule has 2 aromatic carbocycles. The van der Waals surface area contributed by atoms with E-state index in [9.17, 15) is 18.5 Å². The number of sulfonamides is 1. The van der Waals surface area contributed by atoms with Crippen LogP contribution in [0, 0.1) is 11.3 Å².